The van der Waals surface area contributed by atoms with Gasteiger partial charge in [0, 0.05) is 62.2 Å². The second kappa shape index (κ2) is 7.30. The molecule has 5 heterocycles. The van der Waals surface area contributed by atoms with E-state index in [1.54, 1.807) is 0 Å². The maximum absolute atomic E-state index is 6.53. The molecule has 6 heteroatoms. The number of fused-ring (bicyclic) bond motifs is 5. The molecule has 0 N–H and O–H groups in total. The van der Waals surface area contributed by atoms with Gasteiger partial charge in [0.2, 0.25) is 6.79 Å². The lowest BCUT2D eigenvalue weighted by Crippen LogP contribution is -2.43. The van der Waals surface area contributed by atoms with Gasteiger partial charge in [0.1, 0.15) is 0 Å². The third kappa shape index (κ3) is 3.64. The summed E-state index contributed by atoms with van der Waals surface area (Å²) >= 11 is 6.53. The van der Waals surface area contributed by atoms with Crippen LogP contribution < -0.4 is 9.47 Å². The maximum Gasteiger partial charge on any atom is 0.231 e. The molecule has 0 radical (unpaired) electrons. The molecule has 6 rings (SSSR count). The normalized spacial score (nSPS) is 24.9. The van der Waals surface area contributed by atoms with E-state index in [-0.39, 0.29) is 6.79 Å². The van der Waals surface area contributed by atoms with E-state index < -0.39 is 0 Å². The Morgan fingerprint density at radius 2 is 1.96 bits per heavy atom. The number of ether oxygens (including phenoxy) is 2. The van der Waals surface area contributed by atoms with Crippen molar-refractivity contribution in [2.24, 2.45) is 5.92 Å². The van der Waals surface area contributed by atoms with Gasteiger partial charge in [0.15, 0.2) is 11.5 Å². The number of halogens is 1. The fraction of sp³-hybridized carbons (Fsp3) is 0.476. The van der Waals surface area contributed by atoms with Crippen LogP contribution in [0, 0.1) is 5.92 Å². The van der Waals surface area contributed by atoms with Crippen molar-refractivity contribution in [2.45, 2.75) is 32.0 Å². The lowest BCUT2D eigenvalue weighted by molar-refractivity contribution is 0.123. The van der Waals surface area contributed by atoms with Gasteiger partial charge in [-0.3, -0.25) is 14.8 Å². The van der Waals surface area contributed by atoms with Crippen LogP contribution in [-0.2, 0) is 13.1 Å². The molecule has 4 aliphatic rings. The Morgan fingerprint density at radius 1 is 1.07 bits per heavy atom. The van der Waals surface area contributed by atoms with Gasteiger partial charge >= 0.3 is 0 Å². The van der Waals surface area contributed by atoms with E-state index in [4.69, 9.17) is 21.1 Å². The van der Waals surface area contributed by atoms with Crippen LogP contribution in [-0.4, -0.2) is 47.3 Å². The first-order valence-corrected chi connectivity index (χ1v) is 10.1. The van der Waals surface area contributed by atoms with Crippen LogP contribution in [0.3, 0.4) is 0 Å². The molecule has 27 heavy (non-hydrogen) atoms. The first-order valence-electron chi connectivity index (χ1n) is 9.68. The Morgan fingerprint density at radius 3 is 2.81 bits per heavy atom. The molecule has 4 aliphatic heterocycles. The van der Waals surface area contributed by atoms with Crippen molar-refractivity contribution < 1.29 is 9.47 Å². The van der Waals surface area contributed by atoms with Gasteiger partial charge < -0.3 is 9.47 Å². The van der Waals surface area contributed by atoms with Crippen molar-refractivity contribution in [1.82, 2.24) is 14.8 Å². The first kappa shape index (κ1) is 17.3. The number of benzene rings is 1. The van der Waals surface area contributed by atoms with Crippen LogP contribution in [0.15, 0.2) is 36.7 Å². The second-order valence-electron chi connectivity index (χ2n) is 7.88. The van der Waals surface area contributed by atoms with Crippen molar-refractivity contribution >= 4 is 11.6 Å². The fourth-order valence-electron chi connectivity index (χ4n) is 4.65. The summed E-state index contributed by atoms with van der Waals surface area (Å²) in [6.07, 6.45) is 6.40. The molecule has 2 atom stereocenters. The summed E-state index contributed by atoms with van der Waals surface area (Å²) in [6.45, 7) is 5.55. The SMILES string of the molecule is Clc1cc2c(cc1CN1C[C@H]3CC[C@@H]1CN(Cc1cccnc1)C3)OCO2. The van der Waals surface area contributed by atoms with Crippen LogP contribution in [0.2, 0.25) is 5.02 Å². The molecular formula is C21H24ClN3O2. The zero-order chi connectivity index (χ0) is 18.2. The minimum absolute atomic E-state index is 0.285. The van der Waals surface area contributed by atoms with Gasteiger partial charge in [-0.15, -0.1) is 0 Å². The summed E-state index contributed by atoms with van der Waals surface area (Å²) in [4.78, 5) is 9.47. The number of hydrogen-bond acceptors (Lipinski definition) is 5. The Balaban J connectivity index is 1.31. The van der Waals surface area contributed by atoms with Gasteiger partial charge in [-0.1, -0.05) is 17.7 Å². The van der Waals surface area contributed by atoms with Crippen LogP contribution in [0.25, 0.3) is 0 Å². The molecule has 3 fully saturated rings. The molecule has 0 aliphatic carbocycles. The van der Waals surface area contributed by atoms with Gasteiger partial charge in [-0.25, -0.2) is 0 Å². The van der Waals surface area contributed by atoms with Gasteiger partial charge in [-0.2, -0.15) is 0 Å². The molecular weight excluding hydrogens is 362 g/mol. The van der Waals surface area contributed by atoms with Gasteiger partial charge in [0.25, 0.3) is 0 Å². The van der Waals surface area contributed by atoms with Crippen molar-refractivity contribution in [3.63, 3.8) is 0 Å². The predicted octanol–water partition coefficient (Wildman–Crippen LogP) is 3.56. The Hall–Kier alpha value is -1.82. The van der Waals surface area contributed by atoms with Crippen molar-refractivity contribution in [2.75, 3.05) is 26.4 Å². The quantitative estimate of drug-likeness (QED) is 0.804. The second-order valence-corrected chi connectivity index (χ2v) is 8.29. The molecule has 1 aromatic heterocycles. The van der Waals surface area contributed by atoms with E-state index in [9.17, 15) is 0 Å². The van der Waals surface area contributed by atoms with Crippen LogP contribution in [0.5, 0.6) is 11.5 Å². The minimum atomic E-state index is 0.285. The molecule has 5 nitrogen and oxygen atoms in total. The zero-order valence-corrected chi connectivity index (χ0v) is 16.1. The molecule has 2 aromatic rings. The van der Waals surface area contributed by atoms with Crippen molar-refractivity contribution in [1.29, 1.82) is 0 Å². The maximum atomic E-state index is 6.53. The average Bonchev–Trinajstić information content (AvgIpc) is 2.94. The largest absolute Gasteiger partial charge is 0.454 e. The average molecular weight is 386 g/mol. The molecule has 0 amide bonds. The fourth-order valence-corrected chi connectivity index (χ4v) is 4.86. The first-order chi connectivity index (χ1) is 13.2. The summed E-state index contributed by atoms with van der Waals surface area (Å²) in [5.74, 6) is 2.28. The van der Waals surface area contributed by atoms with E-state index in [0.29, 0.717) is 12.0 Å². The van der Waals surface area contributed by atoms with Crippen molar-refractivity contribution in [3.05, 3.63) is 52.8 Å². The van der Waals surface area contributed by atoms with E-state index in [1.807, 2.05) is 24.5 Å². The molecule has 1 aromatic carbocycles. The van der Waals surface area contributed by atoms with Gasteiger partial charge in [-0.05, 0) is 42.0 Å². The molecule has 3 saturated heterocycles. The van der Waals surface area contributed by atoms with Crippen LogP contribution in [0.1, 0.15) is 24.0 Å². The number of piperidine rings is 1. The highest BCUT2D eigenvalue weighted by molar-refractivity contribution is 6.31. The lowest BCUT2D eigenvalue weighted by atomic mass is 9.94. The lowest BCUT2D eigenvalue weighted by Gasteiger charge is -2.36. The van der Waals surface area contributed by atoms with Gasteiger partial charge in [0.05, 0.1) is 0 Å². The van der Waals surface area contributed by atoms with Crippen molar-refractivity contribution in [3.8, 4) is 11.5 Å². The summed E-state index contributed by atoms with van der Waals surface area (Å²) in [7, 11) is 0. The third-order valence-electron chi connectivity index (χ3n) is 5.95. The molecule has 0 saturated carbocycles. The summed E-state index contributed by atoms with van der Waals surface area (Å²) in [6, 6.07) is 8.71. The predicted molar refractivity (Wildman–Crippen MR) is 104 cm³/mol. The Bertz CT molecular complexity index is 817. The van der Waals surface area contributed by atoms with Crippen LogP contribution in [0.4, 0.5) is 0 Å². The number of aromatic nitrogens is 1. The van der Waals surface area contributed by atoms with E-state index >= 15 is 0 Å². The van der Waals surface area contributed by atoms with Crippen LogP contribution >= 0.6 is 11.6 Å². The highest BCUT2D eigenvalue weighted by Crippen LogP contribution is 2.38. The highest BCUT2D eigenvalue weighted by atomic mass is 35.5. The molecule has 0 spiro atoms. The molecule has 0 unspecified atom stereocenters. The zero-order valence-electron chi connectivity index (χ0n) is 15.3. The van der Waals surface area contributed by atoms with E-state index in [0.717, 1.165) is 54.8 Å². The molecule has 142 valence electrons. The minimum Gasteiger partial charge on any atom is -0.454 e. The number of pyridine rings is 1. The summed E-state index contributed by atoms with van der Waals surface area (Å²) in [5.41, 5.74) is 2.43. The standard InChI is InChI=1S/C21H24ClN3O2/c22-19-7-21-20(26-14-27-21)6-17(19)12-25-11-16-3-4-18(25)13-24(10-16)9-15-2-1-5-23-8-15/h1-2,5-8,16,18H,3-4,9-14H2/t16-,18+/m0/s1. The third-order valence-corrected chi connectivity index (χ3v) is 6.30. The monoisotopic (exact) mass is 385 g/mol. The smallest absolute Gasteiger partial charge is 0.231 e. The van der Waals surface area contributed by atoms with E-state index in [2.05, 4.69) is 26.9 Å². The molecule has 2 bridgehead atoms. The van der Waals surface area contributed by atoms with E-state index in [1.165, 1.54) is 18.4 Å². The number of rotatable bonds is 4. The Kier molecular flexibility index (Phi) is 4.68. The Labute approximate surface area is 164 Å². The summed E-state index contributed by atoms with van der Waals surface area (Å²) < 4.78 is 11.0. The highest BCUT2D eigenvalue weighted by Gasteiger charge is 2.35. The topological polar surface area (TPSA) is 37.8 Å². The summed E-state index contributed by atoms with van der Waals surface area (Å²) in [5, 5.41) is 0.770. The number of nitrogens with zero attached hydrogens (tertiary/aromatic N) is 3. The number of hydrogen-bond donors (Lipinski definition) is 0.